The first kappa shape index (κ1) is 25.8. The summed E-state index contributed by atoms with van der Waals surface area (Å²) in [4.78, 5) is 32.2. The van der Waals surface area contributed by atoms with Gasteiger partial charge in [0.05, 0.1) is 32.4 Å². The fourth-order valence-electron chi connectivity index (χ4n) is 4.24. The van der Waals surface area contributed by atoms with Crippen LogP contribution in [-0.4, -0.2) is 47.5 Å². The zero-order chi connectivity index (χ0) is 26.5. The lowest BCUT2D eigenvalue weighted by molar-refractivity contribution is -0.140. The van der Waals surface area contributed by atoms with Crippen molar-refractivity contribution in [1.82, 2.24) is 9.88 Å². The van der Waals surface area contributed by atoms with E-state index in [1.807, 2.05) is 6.07 Å². The van der Waals surface area contributed by atoms with Gasteiger partial charge in [-0.3, -0.25) is 14.6 Å². The van der Waals surface area contributed by atoms with Crippen molar-refractivity contribution in [2.45, 2.75) is 26.4 Å². The SMILES string of the molecule is COc1ccc(OC)c(C2/C(=C(/O)c3ccc(OCC(C)C)cc3)C(=O)C(=O)N2Cc2cccnc2)c1. The minimum absolute atomic E-state index is 0.0312. The van der Waals surface area contributed by atoms with Crippen LogP contribution < -0.4 is 14.2 Å². The van der Waals surface area contributed by atoms with E-state index in [2.05, 4.69) is 18.8 Å². The summed E-state index contributed by atoms with van der Waals surface area (Å²) < 4.78 is 16.7. The third-order valence-electron chi connectivity index (χ3n) is 6.06. The zero-order valence-electron chi connectivity index (χ0n) is 21.3. The van der Waals surface area contributed by atoms with Crippen molar-refractivity contribution in [3.63, 3.8) is 0 Å². The van der Waals surface area contributed by atoms with Crippen molar-refractivity contribution in [2.75, 3.05) is 20.8 Å². The highest BCUT2D eigenvalue weighted by atomic mass is 16.5. The Bertz CT molecular complexity index is 1300. The Morgan fingerprint density at radius 1 is 1.03 bits per heavy atom. The fourth-order valence-corrected chi connectivity index (χ4v) is 4.24. The third-order valence-corrected chi connectivity index (χ3v) is 6.06. The van der Waals surface area contributed by atoms with Crippen molar-refractivity contribution in [2.24, 2.45) is 5.92 Å². The van der Waals surface area contributed by atoms with Gasteiger partial charge < -0.3 is 24.2 Å². The second kappa shape index (κ2) is 11.2. The zero-order valence-corrected chi connectivity index (χ0v) is 21.3. The molecule has 1 aliphatic heterocycles. The summed E-state index contributed by atoms with van der Waals surface area (Å²) in [6, 6.07) is 14.6. The molecule has 1 N–H and O–H groups in total. The molecule has 1 amide bonds. The lowest BCUT2D eigenvalue weighted by atomic mass is 9.94. The van der Waals surface area contributed by atoms with E-state index < -0.39 is 17.7 Å². The van der Waals surface area contributed by atoms with Crippen LogP contribution in [0.2, 0.25) is 0 Å². The summed E-state index contributed by atoms with van der Waals surface area (Å²) in [7, 11) is 3.04. The summed E-state index contributed by atoms with van der Waals surface area (Å²) >= 11 is 0. The second-order valence-corrected chi connectivity index (χ2v) is 9.13. The highest BCUT2D eigenvalue weighted by molar-refractivity contribution is 6.46. The maximum absolute atomic E-state index is 13.4. The molecule has 8 heteroatoms. The van der Waals surface area contributed by atoms with Crippen LogP contribution in [-0.2, 0) is 16.1 Å². The van der Waals surface area contributed by atoms with E-state index in [1.165, 1.54) is 19.1 Å². The Morgan fingerprint density at radius 3 is 2.38 bits per heavy atom. The summed E-state index contributed by atoms with van der Waals surface area (Å²) in [6.45, 7) is 4.78. The molecule has 1 aromatic heterocycles. The Balaban J connectivity index is 1.83. The molecule has 1 fully saturated rings. The molecule has 2 aromatic carbocycles. The van der Waals surface area contributed by atoms with E-state index in [4.69, 9.17) is 14.2 Å². The highest BCUT2D eigenvalue weighted by Crippen LogP contribution is 2.44. The van der Waals surface area contributed by atoms with E-state index in [0.717, 1.165) is 5.56 Å². The van der Waals surface area contributed by atoms with Crippen molar-refractivity contribution in [1.29, 1.82) is 0 Å². The second-order valence-electron chi connectivity index (χ2n) is 9.13. The number of aliphatic hydroxyl groups excluding tert-OH is 1. The van der Waals surface area contributed by atoms with Crippen LogP contribution in [0.5, 0.6) is 17.2 Å². The number of Topliss-reactive ketones (excluding diaryl/α,β-unsaturated/α-hetero) is 1. The molecule has 2 heterocycles. The fraction of sp³-hybridized carbons (Fsp3) is 0.276. The van der Waals surface area contributed by atoms with Crippen molar-refractivity contribution in [3.8, 4) is 17.2 Å². The van der Waals surface area contributed by atoms with E-state index in [0.29, 0.717) is 40.9 Å². The molecular weight excluding hydrogens is 472 g/mol. The van der Waals surface area contributed by atoms with Crippen molar-refractivity contribution < 1.29 is 28.9 Å². The number of carbonyl (C=O) groups excluding carboxylic acids is 2. The van der Waals surface area contributed by atoms with Gasteiger partial charge in [0.25, 0.3) is 11.7 Å². The number of carbonyl (C=O) groups is 2. The predicted octanol–water partition coefficient (Wildman–Crippen LogP) is 4.76. The topological polar surface area (TPSA) is 98.2 Å². The molecule has 1 unspecified atom stereocenters. The minimum atomic E-state index is -0.915. The number of hydrogen-bond acceptors (Lipinski definition) is 7. The first-order valence-electron chi connectivity index (χ1n) is 12.0. The molecule has 0 spiro atoms. The van der Waals surface area contributed by atoms with Gasteiger partial charge in [0.2, 0.25) is 0 Å². The molecule has 0 aliphatic carbocycles. The molecule has 1 saturated heterocycles. The molecule has 0 radical (unpaired) electrons. The maximum Gasteiger partial charge on any atom is 0.295 e. The van der Waals surface area contributed by atoms with Gasteiger partial charge in [-0.25, -0.2) is 0 Å². The molecule has 3 aromatic rings. The Labute approximate surface area is 216 Å². The van der Waals surface area contributed by atoms with Gasteiger partial charge in [0.15, 0.2) is 0 Å². The van der Waals surface area contributed by atoms with Crippen molar-refractivity contribution >= 4 is 17.4 Å². The van der Waals surface area contributed by atoms with Crippen molar-refractivity contribution in [3.05, 3.63) is 89.3 Å². The number of hydrogen-bond donors (Lipinski definition) is 1. The molecule has 1 atom stereocenters. The number of nitrogens with zero attached hydrogens (tertiary/aromatic N) is 2. The van der Waals surface area contributed by atoms with Crippen LogP contribution in [0.3, 0.4) is 0 Å². The monoisotopic (exact) mass is 502 g/mol. The highest BCUT2D eigenvalue weighted by Gasteiger charge is 2.47. The van der Waals surface area contributed by atoms with Gasteiger partial charge in [-0.1, -0.05) is 19.9 Å². The van der Waals surface area contributed by atoms with E-state index in [-0.39, 0.29) is 17.9 Å². The smallest absolute Gasteiger partial charge is 0.295 e. The number of aromatic nitrogens is 1. The Hall–Kier alpha value is -4.33. The normalized spacial score (nSPS) is 16.8. The Morgan fingerprint density at radius 2 is 1.76 bits per heavy atom. The minimum Gasteiger partial charge on any atom is -0.507 e. The van der Waals surface area contributed by atoms with E-state index in [9.17, 15) is 14.7 Å². The number of ketones is 1. The van der Waals surface area contributed by atoms with Crippen LogP contribution in [0, 0.1) is 5.92 Å². The summed E-state index contributed by atoms with van der Waals surface area (Å²) in [5, 5.41) is 11.4. The standard InChI is InChI=1S/C29H30N2O6/c1-18(2)17-37-21-9-7-20(8-10-21)27(32)25-26(23-14-22(35-3)11-12-24(23)36-4)31(29(34)28(25)33)16-19-6-5-13-30-15-19/h5-15,18,26,32H,16-17H2,1-4H3/b27-25-. The molecule has 192 valence electrons. The van der Waals surface area contributed by atoms with Crippen LogP contribution in [0.4, 0.5) is 0 Å². The van der Waals surface area contributed by atoms with Gasteiger partial charge in [-0.2, -0.15) is 0 Å². The molecule has 4 rings (SSSR count). The number of pyridine rings is 1. The molecule has 1 aliphatic rings. The third kappa shape index (κ3) is 5.43. The first-order valence-corrected chi connectivity index (χ1v) is 12.0. The molecule has 8 nitrogen and oxygen atoms in total. The van der Waals surface area contributed by atoms with Crippen LogP contribution in [0.1, 0.15) is 36.6 Å². The van der Waals surface area contributed by atoms with Crippen LogP contribution >= 0.6 is 0 Å². The quantitative estimate of drug-likeness (QED) is 0.256. The van der Waals surface area contributed by atoms with Gasteiger partial charge in [-0.05, 0) is 60.0 Å². The Kier molecular flexibility index (Phi) is 7.77. The van der Waals surface area contributed by atoms with Gasteiger partial charge in [0, 0.05) is 30.1 Å². The number of benzene rings is 2. The summed E-state index contributed by atoms with van der Waals surface area (Å²) in [5.41, 5.74) is 1.62. The molecular formula is C29H30N2O6. The largest absolute Gasteiger partial charge is 0.507 e. The lowest BCUT2D eigenvalue weighted by Gasteiger charge is -2.27. The van der Waals surface area contributed by atoms with Gasteiger partial charge >= 0.3 is 0 Å². The number of rotatable bonds is 9. The molecule has 37 heavy (non-hydrogen) atoms. The number of likely N-dealkylation sites (tertiary alicyclic amines) is 1. The maximum atomic E-state index is 13.4. The van der Waals surface area contributed by atoms with E-state index >= 15 is 0 Å². The van der Waals surface area contributed by atoms with Crippen LogP contribution in [0.15, 0.2) is 72.6 Å². The predicted molar refractivity (Wildman–Crippen MR) is 138 cm³/mol. The molecule has 0 saturated carbocycles. The van der Waals surface area contributed by atoms with E-state index in [1.54, 1.807) is 60.9 Å². The summed E-state index contributed by atoms with van der Waals surface area (Å²) in [5.74, 6) is 0.197. The van der Waals surface area contributed by atoms with Crippen LogP contribution in [0.25, 0.3) is 5.76 Å². The lowest BCUT2D eigenvalue weighted by Crippen LogP contribution is -2.29. The molecule has 0 bridgehead atoms. The number of ether oxygens (including phenoxy) is 3. The number of amides is 1. The van der Waals surface area contributed by atoms with Gasteiger partial charge in [0.1, 0.15) is 23.0 Å². The van der Waals surface area contributed by atoms with Gasteiger partial charge in [-0.15, -0.1) is 0 Å². The summed E-state index contributed by atoms with van der Waals surface area (Å²) in [6.07, 6.45) is 3.27. The number of aliphatic hydroxyl groups is 1. The average molecular weight is 503 g/mol. The first-order chi connectivity index (χ1) is 17.8. The number of methoxy groups -OCH3 is 2. The average Bonchev–Trinajstić information content (AvgIpc) is 3.16.